The van der Waals surface area contributed by atoms with Gasteiger partial charge in [0.1, 0.15) is 5.82 Å². The van der Waals surface area contributed by atoms with E-state index in [0.29, 0.717) is 12.3 Å². The average Bonchev–Trinajstić information content (AvgIpc) is 3.16. The van der Waals surface area contributed by atoms with E-state index < -0.39 is 0 Å². The van der Waals surface area contributed by atoms with Gasteiger partial charge in [0.05, 0.1) is 12.5 Å². The summed E-state index contributed by atoms with van der Waals surface area (Å²) in [6, 6.07) is 10.4. The Hall–Kier alpha value is -2.14. The summed E-state index contributed by atoms with van der Waals surface area (Å²) < 4.78 is 3.24. The van der Waals surface area contributed by atoms with Crippen molar-refractivity contribution in [2.45, 2.75) is 25.3 Å². The molecular weight excluding hydrogens is 306 g/mol. The van der Waals surface area contributed by atoms with E-state index in [2.05, 4.69) is 28.5 Å². The molecule has 1 atom stereocenters. The third-order valence-electron chi connectivity index (χ3n) is 4.36. The maximum atomic E-state index is 12.5. The van der Waals surface area contributed by atoms with Crippen LogP contribution in [0.1, 0.15) is 29.6 Å². The standard InChI is InChI=1S/C18H19N3OS/c1-21-9-8-19-18(21)17(12-6-7-12)20-16(22)11-14-10-13-4-2-3-5-15(13)23-14/h2-5,8-10,12,17H,6-7,11H2,1H3,(H,20,22). The highest BCUT2D eigenvalue weighted by atomic mass is 32.1. The van der Waals surface area contributed by atoms with Crippen molar-refractivity contribution in [2.24, 2.45) is 13.0 Å². The van der Waals surface area contributed by atoms with Gasteiger partial charge < -0.3 is 9.88 Å². The van der Waals surface area contributed by atoms with E-state index in [-0.39, 0.29) is 11.9 Å². The van der Waals surface area contributed by atoms with Gasteiger partial charge in [0, 0.05) is 29.0 Å². The molecule has 3 aromatic rings. The summed E-state index contributed by atoms with van der Waals surface area (Å²) in [4.78, 5) is 18.0. The lowest BCUT2D eigenvalue weighted by atomic mass is 10.1. The predicted molar refractivity (Wildman–Crippen MR) is 92.3 cm³/mol. The summed E-state index contributed by atoms with van der Waals surface area (Å²) in [7, 11) is 1.98. The first-order valence-electron chi connectivity index (χ1n) is 7.95. The first-order chi connectivity index (χ1) is 11.2. The third kappa shape index (κ3) is 3.01. The van der Waals surface area contributed by atoms with E-state index in [1.165, 1.54) is 22.9 Å². The monoisotopic (exact) mass is 325 g/mol. The number of nitrogens with zero attached hydrogens (tertiary/aromatic N) is 2. The molecule has 4 rings (SSSR count). The van der Waals surface area contributed by atoms with Crippen molar-refractivity contribution in [3.63, 3.8) is 0 Å². The van der Waals surface area contributed by atoms with Crippen molar-refractivity contribution < 1.29 is 4.79 Å². The maximum absolute atomic E-state index is 12.5. The number of rotatable bonds is 5. The molecule has 0 aliphatic heterocycles. The Morgan fingerprint density at radius 1 is 1.43 bits per heavy atom. The number of thiophene rings is 1. The zero-order valence-corrected chi connectivity index (χ0v) is 13.8. The smallest absolute Gasteiger partial charge is 0.225 e. The van der Waals surface area contributed by atoms with Crippen LogP contribution in [-0.2, 0) is 18.3 Å². The molecule has 2 aromatic heterocycles. The van der Waals surface area contributed by atoms with Crippen LogP contribution in [0.3, 0.4) is 0 Å². The van der Waals surface area contributed by atoms with Crippen LogP contribution < -0.4 is 5.32 Å². The third-order valence-corrected chi connectivity index (χ3v) is 5.47. The quantitative estimate of drug-likeness (QED) is 0.781. The van der Waals surface area contributed by atoms with Crippen molar-refractivity contribution in [1.29, 1.82) is 0 Å². The topological polar surface area (TPSA) is 46.9 Å². The van der Waals surface area contributed by atoms with Crippen molar-refractivity contribution in [1.82, 2.24) is 14.9 Å². The summed E-state index contributed by atoms with van der Waals surface area (Å²) in [5, 5.41) is 4.41. The summed E-state index contributed by atoms with van der Waals surface area (Å²) >= 11 is 1.70. The van der Waals surface area contributed by atoms with Gasteiger partial charge in [-0.05, 0) is 36.3 Å². The molecular formula is C18H19N3OS. The van der Waals surface area contributed by atoms with Crippen LogP contribution in [-0.4, -0.2) is 15.5 Å². The van der Waals surface area contributed by atoms with Gasteiger partial charge in [-0.2, -0.15) is 0 Å². The average molecular weight is 325 g/mol. The largest absolute Gasteiger partial charge is 0.346 e. The molecule has 4 nitrogen and oxygen atoms in total. The highest BCUT2D eigenvalue weighted by Crippen LogP contribution is 2.40. The molecule has 2 heterocycles. The number of benzene rings is 1. The van der Waals surface area contributed by atoms with E-state index in [4.69, 9.17) is 0 Å². The Morgan fingerprint density at radius 2 is 2.26 bits per heavy atom. The Balaban J connectivity index is 1.49. The number of amides is 1. The number of carbonyl (C=O) groups excluding carboxylic acids is 1. The second-order valence-electron chi connectivity index (χ2n) is 6.21. The summed E-state index contributed by atoms with van der Waals surface area (Å²) in [5.41, 5.74) is 0. The second kappa shape index (κ2) is 5.81. The fourth-order valence-corrected chi connectivity index (χ4v) is 4.07. The zero-order valence-electron chi connectivity index (χ0n) is 13.0. The molecule has 5 heteroatoms. The van der Waals surface area contributed by atoms with Crippen LogP contribution in [0.5, 0.6) is 0 Å². The van der Waals surface area contributed by atoms with Crippen LogP contribution in [0.2, 0.25) is 0 Å². The normalized spacial score (nSPS) is 15.7. The van der Waals surface area contributed by atoms with Gasteiger partial charge in [0.25, 0.3) is 0 Å². The van der Waals surface area contributed by atoms with E-state index in [1.54, 1.807) is 17.5 Å². The first-order valence-corrected chi connectivity index (χ1v) is 8.76. The van der Waals surface area contributed by atoms with Gasteiger partial charge in [0.2, 0.25) is 5.91 Å². The molecule has 118 valence electrons. The Bertz CT molecular complexity index is 814. The molecule has 1 fully saturated rings. The van der Waals surface area contributed by atoms with E-state index in [0.717, 1.165) is 10.7 Å². The minimum Gasteiger partial charge on any atom is -0.346 e. The molecule has 0 bridgehead atoms. The Kier molecular flexibility index (Phi) is 3.65. The van der Waals surface area contributed by atoms with Crippen LogP contribution >= 0.6 is 11.3 Å². The van der Waals surface area contributed by atoms with E-state index >= 15 is 0 Å². The van der Waals surface area contributed by atoms with E-state index in [1.807, 2.05) is 29.9 Å². The van der Waals surface area contributed by atoms with Gasteiger partial charge in [-0.25, -0.2) is 4.98 Å². The van der Waals surface area contributed by atoms with Gasteiger partial charge in [-0.1, -0.05) is 18.2 Å². The van der Waals surface area contributed by atoms with Crippen molar-refractivity contribution in [2.75, 3.05) is 0 Å². The maximum Gasteiger partial charge on any atom is 0.225 e. The van der Waals surface area contributed by atoms with Crippen molar-refractivity contribution >= 4 is 27.3 Å². The fraction of sp³-hybridized carbons (Fsp3) is 0.333. The molecule has 1 aliphatic carbocycles. The predicted octanol–water partition coefficient (Wildman–Crippen LogP) is 3.44. The van der Waals surface area contributed by atoms with Crippen LogP contribution in [0, 0.1) is 5.92 Å². The van der Waals surface area contributed by atoms with Gasteiger partial charge in [-0.15, -0.1) is 11.3 Å². The number of aromatic nitrogens is 2. The number of aryl methyl sites for hydroxylation is 1. The van der Waals surface area contributed by atoms with Crippen LogP contribution in [0.15, 0.2) is 42.7 Å². The Labute approximate surface area is 139 Å². The molecule has 1 aromatic carbocycles. The lowest BCUT2D eigenvalue weighted by Crippen LogP contribution is -2.32. The molecule has 23 heavy (non-hydrogen) atoms. The lowest BCUT2D eigenvalue weighted by Gasteiger charge is -2.17. The zero-order chi connectivity index (χ0) is 15.8. The minimum absolute atomic E-state index is 0.0388. The van der Waals surface area contributed by atoms with E-state index in [9.17, 15) is 4.79 Å². The molecule has 1 saturated carbocycles. The molecule has 1 unspecified atom stereocenters. The van der Waals surface area contributed by atoms with Crippen LogP contribution in [0.25, 0.3) is 10.1 Å². The van der Waals surface area contributed by atoms with Gasteiger partial charge in [-0.3, -0.25) is 4.79 Å². The van der Waals surface area contributed by atoms with Crippen molar-refractivity contribution in [3.05, 3.63) is 53.4 Å². The number of nitrogens with one attached hydrogen (secondary N) is 1. The minimum atomic E-state index is 0.0388. The fourth-order valence-electron chi connectivity index (χ4n) is 3.01. The van der Waals surface area contributed by atoms with Crippen LogP contribution in [0.4, 0.5) is 0 Å². The summed E-state index contributed by atoms with van der Waals surface area (Å²) in [5.74, 6) is 1.57. The number of imidazole rings is 1. The molecule has 1 amide bonds. The number of hydrogen-bond acceptors (Lipinski definition) is 3. The molecule has 1 aliphatic rings. The van der Waals surface area contributed by atoms with Gasteiger partial charge >= 0.3 is 0 Å². The second-order valence-corrected chi connectivity index (χ2v) is 7.37. The molecule has 0 saturated heterocycles. The summed E-state index contributed by atoms with van der Waals surface area (Å²) in [6.07, 6.45) is 6.50. The molecule has 0 radical (unpaired) electrons. The SMILES string of the molecule is Cn1ccnc1C(NC(=O)Cc1cc2ccccc2s1)C1CC1. The summed E-state index contributed by atoms with van der Waals surface area (Å²) in [6.45, 7) is 0. The van der Waals surface area contributed by atoms with Crippen molar-refractivity contribution in [3.8, 4) is 0 Å². The first kappa shape index (κ1) is 14.5. The number of hydrogen-bond donors (Lipinski definition) is 1. The highest BCUT2D eigenvalue weighted by Gasteiger charge is 2.35. The molecule has 1 N–H and O–H groups in total. The number of carbonyl (C=O) groups is 1. The lowest BCUT2D eigenvalue weighted by molar-refractivity contribution is -0.121. The highest BCUT2D eigenvalue weighted by molar-refractivity contribution is 7.19. The van der Waals surface area contributed by atoms with Gasteiger partial charge in [0.15, 0.2) is 0 Å². The Morgan fingerprint density at radius 3 is 2.96 bits per heavy atom. The molecule has 0 spiro atoms. The number of fused-ring (bicyclic) bond motifs is 1.